The first kappa shape index (κ1) is 20.3. The number of nitrogens with two attached hydrogens (primary N) is 1. The minimum Gasteiger partial charge on any atom is -0.368 e. The fourth-order valence-corrected chi connectivity index (χ4v) is 3.75. The number of hydrogen-bond acceptors (Lipinski definition) is 6. The van der Waals surface area contributed by atoms with Crippen molar-refractivity contribution in [1.82, 2.24) is 19.3 Å². The molecular weight excluding hydrogens is 418 g/mol. The number of pyridine rings is 2. The number of carbonyl (C=O) groups is 1. The van der Waals surface area contributed by atoms with Gasteiger partial charge in [-0.3, -0.25) is 19.1 Å². The third-order valence-electron chi connectivity index (χ3n) is 5.33. The molecule has 0 atom stereocenters. The predicted molar refractivity (Wildman–Crippen MR) is 125 cm³/mol. The van der Waals surface area contributed by atoms with Crippen LogP contribution in [0.2, 0.25) is 0 Å². The highest BCUT2D eigenvalue weighted by Crippen LogP contribution is 2.29. The number of aromatic nitrogens is 4. The van der Waals surface area contributed by atoms with E-state index in [-0.39, 0.29) is 12.1 Å². The van der Waals surface area contributed by atoms with Gasteiger partial charge in [0.15, 0.2) is 0 Å². The van der Waals surface area contributed by atoms with Crippen molar-refractivity contribution in [1.29, 1.82) is 0 Å². The van der Waals surface area contributed by atoms with Gasteiger partial charge in [0.2, 0.25) is 5.91 Å². The van der Waals surface area contributed by atoms with Crippen molar-refractivity contribution in [3.63, 3.8) is 0 Å². The summed E-state index contributed by atoms with van der Waals surface area (Å²) < 4.78 is 3.39. The van der Waals surface area contributed by atoms with E-state index >= 15 is 0 Å². The van der Waals surface area contributed by atoms with E-state index in [9.17, 15) is 9.59 Å². The molecule has 5 aromatic rings. The molecule has 3 aromatic heterocycles. The van der Waals surface area contributed by atoms with Gasteiger partial charge in [-0.15, -0.1) is 0 Å². The van der Waals surface area contributed by atoms with Gasteiger partial charge in [-0.25, -0.2) is 4.68 Å². The number of hydrogen-bond donors (Lipinski definition) is 1. The van der Waals surface area contributed by atoms with Crippen LogP contribution in [0.1, 0.15) is 5.56 Å². The number of aryl methyl sites for hydroxylation is 1. The van der Waals surface area contributed by atoms with E-state index in [4.69, 9.17) is 5.73 Å². The van der Waals surface area contributed by atoms with Crippen molar-refractivity contribution < 1.29 is 4.79 Å². The van der Waals surface area contributed by atoms with Crippen molar-refractivity contribution >= 4 is 33.4 Å². The third kappa shape index (κ3) is 3.76. The molecule has 9 heteroatoms. The van der Waals surface area contributed by atoms with Crippen LogP contribution in [-0.4, -0.2) is 31.8 Å². The second kappa shape index (κ2) is 8.12. The predicted octanol–water partition coefficient (Wildman–Crippen LogP) is 3.60. The maximum atomic E-state index is 13.1. The summed E-state index contributed by atoms with van der Waals surface area (Å²) in [6.07, 6.45) is 5.32. The lowest BCUT2D eigenvalue weighted by molar-refractivity contribution is -0.116. The van der Waals surface area contributed by atoms with Crippen LogP contribution in [0.5, 0.6) is 0 Å². The quantitative estimate of drug-likeness (QED) is 0.333. The summed E-state index contributed by atoms with van der Waals surface area (Å²) in [5.41, 5.74) is 9.33. The summed E-state index contributed by atoms with van der Waals surface area (Å²) in [4.78, 5) is 28.7. The van der Waals surface area contributed by atoms with Crippen molar-refractivity contribution in [2.45, 2.75) is 6.92 Å². The van der Waals surface area contributed by atoms with Gasteiger partial charge in [0.05, 0.1) is 28.1 Å². The molecule has 2 N–H and O–H groups in total. The highest BCUT2D eigenvalue weighted by molar-refractivity contribution is 6.04. The summed E-state index contributed by atoms with van der Waals surface area (Å²) in [5.74, 6) is -0.565. The molecule has 0 aliphatic heterocycles. The zero-order chi connectivity index (χ0) is 22.9. The van der Waals surface area contributed by atoms with Gasteiger partial charge < -0.3 is 5.73 Å². The minimum absolute atomic E-state index is 0.191. The van der Waals surface area contributed by atoms with Crippen LogP contribution in [-0.2, 0) is 4.79 Å². The first-order valence-corrected chi connectivity index (χ1v) is 10.2. The second-order valence-electron chi connectivity index (χ2n) is 7.56. The monoisotopic (exact) mass is 437 g/mol. The number of rotatable bonds is 5. The van der Waals surface area contributed by atoms with Crippen LogP contribution >= 0.6 is 0 Å². The Bertz CT molecular complexity index is 1600. The molecular formula is C24H19N7O2. The Morgan fingerprint density at radius 3 is 2.73 bits per heavy atom. The van der Waals surface area contributed by atoms with Gasteiger partial charge in [0.25, 0.3) is 5.56 Å². The largest absolute Gasteiger partial charge is 0.368 e. The van der Waals surface area contributed by atoms with Gasteiger partial charge in [0.1, 0.15) is 6.54 Å². The summed E-state index contributed by atoms with van der Waals surface area (Å²) >= 11 is 0. The van der Waals surface area contributed by atoms with Gasteiger partial charge in [-0.2, -0.15) is 15.3 Å². The number of nitrogens with zero attached hydrogens (tertiary/aromatic N) is 6. The summed E-state index contributed by atoms with van der Waals surface area (Å²) in [7, 11) is 0. The standard InChI is InChI=1S/C24H19N7O2/c1-15-3-5-18(12-21(15)29-27-14-22(25)32)31-23(33)8-4-16-13-26-20-7-6-17(11-19(20)24(16)31)30-10-2-9-28-30/h2-13H,14H2,1H3,(H2,25,32). The number of carbonyl (C=O) groups excluding carboxylic acids is 1. The molecule has 1 amide bonds. The molecule has 0 bridgehead atoms. The first-order valence-electron chi connectivity index (χ1n) is 10.2. The molecule has 9 nitrogen and oxygen atoms in total. The van der Waals surface area contributed by atoms with Crippen LogP contribution in [0.15, 0.2) is 88.2 Å². The summed E-state index contributed by atoms with van der Waals surface area (Å²) in [6, 6.07) is 16.4. The van der Waals surface area contributed by atoms with Gasteiger partial charge in [-0.05, 0) is 55.0 Å². The molecule has 2 aromatic carbocycles. The SMILES string of the molecule is Cc1ccc(-n2c(=O)ccc3cnc4ccc(-n5cccn5)cc4c32)cc1N=NCC(N)=O. The van der Waals surface area contributed by atoms with Crippen molar-refractivity contribution in [2.75, 3.05) is 6.54 Å². The van der Waals surface area contributed by atoms with E-state index in [0.717, 1.165) is 33.1 Å². The lowest BCUT2D eigenvalue weighted by atomic mass is 10.1. The van der Waals surface area contributed by atoms with Gasteiger partial charge in [0, 0.05) is 35.4 Å². The third-order valence-corrected chi connectivity index (χ3v) is 5.33. The van der Waals surface area contributed by atoms with Crippen LogP contribution < -0.4 is 11.3 Å². The average molecular weight is 437 g/mol. The van der Waals surface area contributed by atoms with E-state index in [1.54, 1.807) is 33.8 Å². The molecule has 0 spiro atoms. The molecule has 33 heavy (non-hydrogen) atoms. The molecule has 5 rings (SSSR count). The Balaban J connectivity index is 1.77. The Kier molecular flexibility index (Phi) is 4.98. The molecule has 0 unspecified atom stereocenters. The van der Waals surface area contributed by atoms with E-state index in [1.165, 1.54) is 6.07 Å². The fraction of sp³-hybridized carbons (Fsp3) is 0.0833. The van der Waals surface area contributed by atoms with E-state index in [0.29, 0.717) is 11.4 Å². The molecule has 3 heterocycles. The average Bonchev–Trinajstić information content (AvgIpc) is 3.35. The number of amides is 1. The second-order valence-corrected chi connectivity index (χ2v) is 7.56. The fourth-order valence-electron chi connectivity index (χ4n) is 3.75. The lowest BCUT2D eigenvalue weighted by Crippen LogP contribution is -2.17. The maximum absolute atomic E-state index is 13.1. The molecule has 0 radical (unpaired) electrons. The molecule has 0 saturated carbocycles. The van der Waals surface area contributed by atoms with Crippen LogP contribution in [0, 0.1) is 6.92 Å². The molecule has 0 fully saturated rings. The molecule has 0 saturated heterocycles. The van der Waals surface area contributed by atoms with Crippen LogP contribution in [0.4, 0.5) is 5.69 Å². The van der Waals surface area contributed by atoms with Gasteiger partial charge in [-0.1, -0.05) is 6.07 Å². The van der Waals surface area contributed by atoms with Crippen molar-refractivity contribution in [3.8, 4) is 11.4 Å². The van der Waals surface area contributed by atoms with Crippen LogP contribution in [0.25, 0.3) is 33.2 Å². The zero-order valence-electron chi connectivity index (χ0n) is 17.7. The Labute approximate surface area is 187 Å². The zero-order valence-corrected chi connectivity index (χ0v) is 17.7. The highest BCUT2D eigenvalue weighted by Gasteiger charge is 2.13. The lowest BCUT2D eigenvalue weighted by Gasteiger charge is -2.14. The summed E-state index contributed by atoms with van der Waals surface area (Å²) in [5, 5.41) is 13.9. The Morgan fingerprint density at radius 1 is 1.09 bits per heavy atom. The smallest absolute Gasteiger partial charge is 0.255 e. The van der Waals surface area contributed by atoms with E-state index < -0.39 is 5.91 Å². The number of azo groups is 1. The molecule has 162 valence electrons. The Morgan fingerprint density at radius 2 is 1.94 bits per heavy atom. The summed E-state index contributed by atoms with van der Waals surface area (Å²) in [6.45, 7) is 1.67. The van der Waals surface area contributed by atoms with E-state index in [1.807, 2.05) is 49.5 Å². The highest BCUT2D eigenvalue weighted by atomic mass is 16.1. The number of benzene rings is 2. The maximum Gasteiger partial charge on any atom is 0.255 e. The normalized spacial score (nSPS) is 11.5. The molecule has 0 aliphatic rings. The van der Waals surface area contributed by atoms with Crippen molar-refractivity contribution in [3.05, 3.63) is 89.1 Å². The number of fused-ring (bicyclic) bond motifs is 3. The minimum atomic E-state index is -0.565. The molecule has 0 aliphatic carbocycles. The van der Waals surface area contributed by atoms with Crippen LogP contribution in [0.3, 0.4) is 0 Å². The van der Waals surface area contributed by atoms with Gasteiger partial charge >= 0.3 is 0 Å². The topological polar surface area (TPSA) is 121 Å². The van der Waals surface area contributed by atoms with E-state index in [2.05, 4.69) is 20.3 Å². The Hall–Kier alpha value is -4.66. The first-order chi connectivity index (χ1) is 16.0. The number of primary amides is 1. The van der Waals surface area contributed by atoms with Crippen molar-refractivity contribution in [2.24, 2.45) is 16.0 Å².